The van der Waals surface area contributed by atoms with Crippen LogP contribution in [-0.2, 0) is 23.2 Å². The normalized spacial score (nSPS) is 22.0. The van der Waals surface area contributed by atoms with Crippen molar-refractivity contribution < 1.29 is 26.7 Å². The Morgan fingerprint density at radius 3 is 2.37 bits per heavy atom. The van der Waals surface area contributed by atoms with Crippen LogP contribution in [0.3, 0.4) is 0 Å². The van der Waals surface area contributed by atoms with Gasteiger partial charge in [0.05, 0.1) is 30.4 Å². The highest BCUT2D eigenvalue weighted by molar-refractivity contribution is 7.89. The second-order valence-electron chi connectivity index (χ2n) is 9.83. The third-order valence-electron chi connectivity index (χ3n) is 7.08. The van der Waals surface area contributed by atoms with Gasteiger partial charge in [-0.05, 0) is 38.5 Å². The lowest BCUT2D eigenvalue weighted by atomic mass is 9.93. The third kappa shape index (κ3) is 5.54. The molecular weight excluding hydrogens is 525 g/mol. The van der Waals surface area contributed by atoms with Gasteiger partial charge in [-0.3, -0.25) is 4.68 Å². The number of sulfonamides is 1. The maximum absolute atomic E-state index is 13.8. The van der Waals surface area contributed by atoms with Gasteiger partial charge in [-0.15, -0.1) is 0 Å². The van der Waals surface area contributed by atoms with Crippen molar-refractivity contribution >= 4 is 16.0 Å². The number of hydrogen-bond donors (Lipinski definition) is 2. The van der Waals surface area contributed by atoms with Crippen LogP contribution in [0.4, 0.5) is 19.1 Å². The lowest BCUT2D eigenvalue weighted by Gasteiger charge is -2.31. The van der Waals surface area contributed by atoms with E-state index < -0.39 is 21.8 Å². The number of aromatic nitrogens is 6. The van der Waals surface area contributed by atoms with Gasteiger partial charge in [0.15, 0.2) is 5.03 Å². The monoisotopic (exact) mass is 554 g/mol. The lowest BCUT2D eigenvalue weighted by molar-refractivity contribution is -0.137. The van der Waals surface area contributed by atoms with Crippen LogP contribution in [0.1, 0.15) is 50.1 Å². The van der Waals surface area contributed by atoms with Crippen LogP contribution in [0.25, 0.3) is 11.3 Å². The second-order valence-corrected chi connectivity index (χ2v) is 11.7. The molecule has 1 aliphatic heterocycles. The van der Waals surface area contributed by atoms with Crippen molar-refractivity contribution in [2.24, 2.45) is 7.05 Å². The van der Waals surface area contributed by atoms with Gasteiger partial charge in [0.1, 0.15) is 5.56 Å². The smallest absolute Gasteiger partial charge is 0.393 e. The number of nitrogens with one attached hydrogen (secondary N) is 1. The molecule has 0 atom stereocenters. The Hall–Kier alpha value is -3.04. The van der Waals surface area contributed by atoms with Crippen LogP contribution in [0.2, 0.25) is 0 Å². The summed E-state index contributed by atoms with van der Waals surface area (Å²) in [6, 6.07) is -0.209. The summed E-state index contributed by atoms with van der Waals surface area (Å²) in [6.45, 7) is 0.458. The highest BCUT2D eigenvalue weighted by Gasteiger charge is 2.37. The van der Waals surface area contributed by atoms with E-state index in [0.717, 1.165) is 6.20 Å². The fraction of sp³-hybridized carbons (Fsp3) is 0.565. The summed E-state index contributed by atoms with van der Waals surface area (Å²) in [6.07, 6.45) is 5.03. The number of hydrogen-bond acceptors (Lipinski definition) is 8. The van der Waals surface area contributed by atoms with Gasteiger partial charge >= 0.3 is 6.18 Å². The van der Waals surface area contributed by atoms with E-state index in [9.17, 15) is 26.7 Å². The molecule has 3 aromatic heterocycles. The quantitative estimate of drug-likeness (QED) is 0.476. The largest absolute Gasteiger partial charge is 0.419 e. The first-order valence-corrected chi connectivity index (χ1v) is 13.9. The molecule has 38 heavy (non-hydrogen) atoms. The molecule has 0 unspecified atom stereocenters. The molecule has 0 radical (unpaired) electrons. The Bertz CT molecular complexity index is 1370. The summed E-state index contributed by atoms with van der Waals surface area (Å²) >= 11 is 0. The Kier molecular flexibility index (Phi) is 7.17. The zero-order chi connectivity index (χ0) is 27.1. The molecule has 4 heterocycles. The summed E-state index contributed by atoms with van der Waals surface area (Å²) in [5, 5.41) is 17.1. The number of piperidine rings is 1. The minimum Gasteiger partial charge on any atom is -0.393 e. The van der Waals surface area contributed by atoms with Gasteiger partial charge in [0.25, 0.3) is 10.0 Å². The first kappa shape index (κ1) is 26.6. The summed E-state index contributed by atoms with van der Waals surface area (Å²) in [4.78, 5) is 12.1. The van der Waals surface area contributed by atoms with Gasteiger partial charge < -0.3 is 15.0 Å². The number of halogens is 3. The molecule has 0 aromatic carbocycles. The molecule has 2 fully saturated rings. The van der Waals surface area contributed by atoms with E-state index in [0.29, 0.717) is 38.5 Å². The number of aliphatic hydroxyl groups is 1. The Morgan fingerprint density at radius 1 is 1.03 bits per heavy atom. The minimum atomic E-state index is -4.66. The molecule has 11 nitrogen and oxygen atoms in total. The first-order valence-electron chi connectivity index (χ1n) is 12.4. The van der Waals surface area contributed by atoms with Gasteiger partial charge in [0.2, 0.25) is 5.95 Å². The zero-order valence-electron chi connectivity index (χ0n) is 20.7. The summed E-state index contributed by atoms with van der Waals surface area (Å²) < 4.78 is 71.6. The number of aryl methyl sites for hydroxylation is 1. The van der Waals surface area contributed by atoms with E-state index in [2.05, 4.69) is 25.4 Å². The summed E-state index contributed by atoms with van der Waals surface area (Å²) in [7, 11) is -2.03. The minimum absolute atomic E-state index is 0.00784. The lowest BCUT2D eigenvalue weighted by Crippen LogP contribution is -2.42. The van der Waals surface area contributed by atoms with Gasteiger partial charge in [-0.1, -0.05) is 0 Å². The number of rotatable bonds is 6. The number of aliphatic hydroxyl groups excluding tert-OH is 1. The van der Waals surface area contributed by atoms with E-state index in [1.165, 1.54) is 23.0 Å². The van der Waals surface area contributed by atoms with Crippen molar-refractivity contribution in [1.29, 1.82) is 0 Å². The van der Waals surface area contributed by atoms with Crippen molar-refractivity contribution in [2.75, 3.05) is 18.4 Å². The predicted octanol–water partition coefficient (Wildman–Crippen LogP) is 2.83. The topological polar surface area (TPSA) is 131 Å². The fourth-order valence-electron chi connectivity index (χ4n) is 4.94. The van der Waals surface area contributed by atoms with E-state index >= 15 is 0 Å². The molecule has 1 saturated heterocycles. The van der Waals surface area contributed by atoms with Crippen LogP contribution >= 0.6 is 0 Å². The molecule has 0 bridgehead atoms. The first-order chi connectivity index (χ1) is 18.0. The van der Waals surface area contributed by atoms with Gasteiger partial charge in [0, 0.05) is 50.3 Å². The average molecular weight is 555 g/mol. The second kappa shape index (κ2) is 10.3. The standard InChI is InChI=1S/C23H29F3N8O3S/c1-32-13-20(28-14-32)38(36,37)33-8-6-16(7-9-33)30-22-27-11-19(23(24,25)26)21(31-22)15-10-29-34(12-15)17-2-4-18(35)5-3-17/h10-14,16-18,35H,2-9H2,1H3,(H,27,30,31)/t17-,18-. The third-order valence-corrected chi connectivity index (χ3v) is 8.87. The molecule has 1 aliphatic carbocycles. The average Bonchev–Trinajstić information content (AvgIpc) is 3.54. The Morgan fingerprint density at radius 2 is 1.74 bits per heavy atom. The number of imidazole rings is 1. The molecule has 3 aromatic rings. The van der Waals surface area contributed by atoms with Crippen LogP contribution in [0, 0.1) is 0 Å². The molecule has 206 valence electrons. The van der Waals surface area contributed by atoms with E-state index in [1.807, 2.05) is 0 Å². The maximum Gasteiger partial charge on any atom is 0.419 e. The molecule has 0 spiro atoms. The van der Waals surface area contributed by atoms with Crippen molar-refractivity contribution in [3.8, 4) is 11.3 Å². The number of nitrogens with zero attached hydrogens (tertiary/aromatic N) is 7. The van der Waals surface area contributed by atoms with Crippen LogP contribution < -0.4 is 5.32 Å². The predicted molar refractivity (Wildman–Crippen MR) is 130 cm³/mol. The van der Waals surface area contributed by atoms with Crippen molar-refractivity contribution in [3.63, 3.8) is 0 Å². The molecule has 5 rings (SSSR count). The highest BCUT2D eigenvalue weighted by atomic mass is 32.2. The van der Waals surface area contributed by atoms with E-state index in [1.54, 1.807) is 22.5 Å². The molecule has 2 aliphatic rings. The zero-order valence-corrected chi connectivity index (χ0v) is 21.5. The van der Waals surface area contributed by atoms with Crippen LogP contribution in [-0.4, -0.2) is 72.4 Å². The summed E-state index contributed by atoms with van der Waals surface area (Å²) in [5.41, 5.74) is -1.00. The van der Waals surface area contributed by atoms with Gasteiger partial charge in [-0.25, -0.2) is 23.4 Å². The van der Waals surface area contributed by atoms with Crippen LogP contribution in [0.15, 0.2) is 36.1 Å². The van der Waals surface area contributed by atoms with Crippen molar-refractivity contribution in [3.05, 3.63) is 36.7 Å². The number of anilines is 1. The Balaban J connectivity index is 1.31. The molecule has 1 saturated carbocycles. The molecule has 15 heteroatoms. The molecular formula is C23H29F3N8O3S. The van der Waals surface area contributed by atoms with Crippen molar-refractivity contribution in [2.45, 2.75) is 67.9 Å². The molecule has 0 amide bonds. The van der Waals surface area contributed by atoms with Crippen molar-refractivity contribution in [1.82, 2.24) is 33.6 Å². The van der Waals surface area contributed by atoms with Crippen LogP contribution in [0.5, 0.6) is 0 Å². The van der Waals surface area contributed by atoms with Gasteiger partial charge in [-0.2, -0.15) is 22.6 Å². The van der Waals surface area contributed by atoms with E-state index in [-0.39, 0.29) is 53.5 Å². The summed E-state index contributed by atoms with van der Waals surface area (Å²) in [5.74, 6) is 0.0348. The fourth-order valence-corrected chi connectivity index (χ4v) is 6.37. The maximum atomic E-state index is 13.8. The number of alkyl halides is 3. The molecule has 2 N–H and O–H groups in total. The highest BCUT2D eigenvalue weighted by Crippen LogP contribution is 2.37. The van der Waals surface area contributed by atoms with E-state index in [4.69, 9.17) is 0 Å². The SMILES string of the molecule is Cn1cnc(S(=O)(=O)N2CCC(Nc3ncc(C(F)(F)F)c(-c4cnn([C@H]5CC[C@H](O)CC5)c4)n3)CC2)c1. The Labute approximate surface area is 217 Å².